The summed E-state index contributed by atoms with van der Waals surface area (Å²) in [6.45, 7) is 0.500. The van der Waals surface area contributed by atoms with E-state index >= 15 is 0 Å². The normalized spacial score (nSPS) is 10.8. The third kappa shape index (κ3) is 2.84. The first-order chi connectivity index (χ1) is 8.27. The quantitative estimate of drug-likeness (QED) is 0.789. The van der Waals surface area contributed by atoms with E-state index < -0.39 is 5.97 Å². The van der Waals surface area contributed by atoms with Crippen molar-refractivity contribution in [2.24, 2.45) is 0 Å². The van der Waals surface area contributed by atoms with Crippen molar-refractivity contribution < 1.29 is 9.90 Å². The summed E-state index contributed by atoms with van der Waals surface area (Å²) >= 11 is 0. The smallest absolute Gasteiger partial charge is 0.328 e. The molecule has 0 saturated carbocycles. The van der Waals surface area contributed by atoms with Crippen LogP contribution in [0.3, 0.4) is 0 Å². The second-order valence-electron chi connectivity index (χ2n) is 3.65. The molecule has 0 aliphatic heterocycles. The zero-order chi connectivity index (χ0) is 12.1. The highest BCUT2D eigenvalue weighted by atomic mass is 16.4. The lowest BCUT2D eigenvalue weighted by Crippen LogP contribution is -1.99. The van der Waals surface area contributed by atoms with Gasteiger partial charge in [-0.15, -0.1) is 0 Å². The Morgan fingerprint density at radius 2 is 1.94 bits per heavy atom. The van der Waals surface area contributed by atoms with Gasteiger partial charge in [0.25, 0.3) is 0 Å². The number of benzene rings is 2. The standard InChI is InChI=1S/C14H13NO2/c16-14(17)9-4-10-15-13-8-3-6-11-5-1-2-7-12(11)13/h1-9,15H,10H2,(H,16,17)/b9-4+. The van der Waals surface area contributed by atoms with Crippen molar-refractivity contribution in [1.29, 1.82) is 0 Å². The van der Waals surface area contributed by atoms with Crippen molar-refractivity contribution in [3.63, 3.8) is 0 Å². The SMILES string of the molecule is O=C(O)/C=C/CNc1cccc2ccccc12. The first kappa shape index (κ1) is 11.2. The van der Waals surface area contributed by atoms with Crippen LogP contribution in [-0.4, -0.2) is 17.6 Å². The molecule has 0 amide bonds. The largest absolute Gasteiger partial charge is 0.478 e. The molecule has 0 saturated heterocycles. The molecule has 0 fully saturated rings. The topological polar surface area (TPSA) is 49.3 Å². The monoisotopic (exact) mass is 227 g/mol. The summed E-state index contributed by atoms with van der Waals surface area (Å²) in [4.78, 5) is 10.3. The minimum atomic E-state index is -0.926. The predicted octanol–water partition coefficient (Wildman–Crippen LogP) is 2.89. The van der Waals surface area contributed by atoms with Gasteiger partial charge in [0, 0.05) is 23.7 Å². The molecule has 2 aromatic carbocycles. The maximum atomic E-state index is 10.3. The van der Waals surface area contributed by atoms with Crippen LogP contribution in [0.2, 0.25) is 0 Å². The van der Waals surface area contributed by atoms with Crippen molar-refractivity contribution in [1.82, 2.24) is 0 Å². The molecule has 0 aliphatic carbocycles. The highest BCUT2D eigenvalue weighted by Gasteiger charge is 1.97. The van der Waals surface area contributed by atoms with Gasteiger partial charge in [0.05, 0.1) is 0 Å². The molecule has 2 aromatic rings. The maximum absolute atomic E-state index is 10.3. The maximum Gasteiger partial charge on any atom is 0.328 e. The van der Waals surface area contributed by atoms with Gasteiger partial charge in [0.15, 0.2) is 0 Å². The van der Waals surface area contributed by atoms with E-state index in [9.17, 15) is 4.79 Å². The molecule has 0 spiro atoms. The van der Waals surface area contributed by atoms with Crippen LogP contribution in [0.25, 0.3) is 10.8 Å². The first-order valence-electron chi connectivity index (χ1n) is 5.38. The Kier molecular flexibility index (Phi) is 3.40. The number of nitrogens with one attached hydrogen (secondary N) is 1. The van der Waals surface area contributed by atoms with Crippen molar-refractivity contribution >= 4 is 22.4 Å². The average Bonchev–Trinajstić information content (AvgIpc) is 2.34. The molecule has 0 bridgehead atoms. The van der Waals surface area contributed by atoms with Gasteiger partial charge in [0.2, 0.25) is 0 Å². The number of carbonyl (C=O) groups is 1. The van der Waals surface area contributed by atoms with Gasteiger partial charge in [-0.1, -0.05) is 42.5 Å². The summed E-state index contributed by atoms with van der Waals surface area (Å²) in [6.07, 6.45) is 2.72. The fourth-order valence-electron chi connectivity index (χ4n) is 1.71. The Balaban J connectivity index is 2.16. The summed E-state index contributed by atoms with van der Waals surface area (Å²) in [7, 11) is 0. The zero-order valence-corrected chi connectivity index (χ0v) is 9.26. The number of fused-ring (bicyclic) bond motifs is 1. The number of carboxylic acids is 1. The number of rotatable bonds is 4. The molecule has 0 atom stereocenters. The van der Waals surface area contributed by atoms with Gasteiger partial charge in [-0.05, 0) is 11.5 Å². The average molecular weight is 227 g/mol. The number of hydrogen-bond donors (Lipinski definition) is 2. The molecular formula is C14H13NO2. The molecular weight excluding hydrogens is 214 g/mol. The summed E-state index contributed by atoms with van der Waals surface area (Å²) in [5, 5.41) is 14.0. The van der Waals surface area contributed by atoms with Crippen LogP contribution in [0.5, 0.6) is 0 Å². The van der Waals surface area contributed by atoms with Crippen LogP contribution in [0.15, 0.2) is 54.6 Å². The van der Waals surface area contributed by atoms with E-state index in [0.717, 1.165) is 17.1 Å². The molecule has 3 nitrogen and oxygen atoms in total. The van der Waals surface area contributed by atoms with E-state index in [-0.39, 0.29) is 0 Å². The van der Waals surface area contributed by atoms with Crippen LogP contribution < -0.4 is 5.32 Å². The minimum absolute atomic E-state index is 0.500. The lowest BCUT2D eigenvalue weighted by Gasteiger charge is -2.07. The van der Waals surface area contributed by atoms with Crippen LogP contribution in [0.4, 0.5) is 5.69 Å². The lowest BCUT2D eigenvalue weighted by molar-refractivity contribution is -0.131. The number of anilines is 1. The molecule has 17 heavy (non-hydrogen) atoms. The molecule has 2 rings (SSSR count). The van der Waals surface area contributed by atoms with Gasteiger partial charge >= 0.3 is 5.97 Å². The molecule has 86 valence electrons. The fourth-order valence-corrected chi connectivity index (χ4v) is 1.71. The third-order valence-corrected chi connectivity index (χ3v) is 2.46. The summed E-state index contributed by atoms with van der Waals surface area (Å²) < 4.78 is 0. The Hall–Kier alpha value is -2.29. The Morgan fingerprint density at radius 1 is 1.18 bits per heavy atom. The van der Waals surface area contributed by atoms with E-state index in [1.165, 1.54) is 5.39 Å². The minimum Gasteiger partial charge on any atom is -0.478 e. The van der Waals surface area contributed by atoms with Gasteiger partial charge in [-0.2, -0.15) is 0 Å². The Bertz CT molecular complexity index is 556. The first-order valence-corrected chi connectivity index (χ1v) is 5.38. The second kappa shape index (κ2) is 5.16. The summed E-state index contributed by atoms with van der Waals surface area (Å²) in [5.74, 6) is -0.926. The lowest BCUT2D eigenvalue weighted by atomic mass is 10.1. The zero-order valence-electron chi connectivity index (χ0n) is 9.26. The molecule has 0 aliphatic rings. The van der Waals surface area contributed by atoms with Crippen LogP contribution >= 0.6 is 0 Å². The van der Waals surface area contributed by atoms with Crippen molar-refractivity contribution in [3.8, 4) is 0 Å². The molecule has 2 N–H and O–H groups in total. The van der Waals surface area contributed by atoms with Gasteiger partial charge in [0.1, 0.15) is 0 Å². The predicted molar refractivity (Wildman–Crippen MR) is 69.2 cm³/mol. The highest BCUT2D eigenvalue weighted by molar-refractivity contribution is 5.93. The van der Waals surface area contributed by atoms with Crippen molar-refractivity contribution in [2.75, 3.05) is 11.9 Å². The van der Waals surface area contributed by atoms with E-state index in [4.69, 9.17) is 5.11 Å². The van der Waals surface area contributed by atoms with Gasteiger partial charge in [-0.3, -0.25) is 0 Å². The summed E-state index contributed by atoms with van der Waals surface area (Å²) in [5.41, 5.74) is 1.01. The highest BCUT2D eigenvalue weighted by Crippen LogP contribution is 2.22. The van der Waals surface area contributed by atoms with Crippen LogP contribution in [-0.2, 0) is 4.79 Å². The number of carboxylic acid groups (broad SMARTS) is 1. The molecule has 0 radical (unpaired) electrons. The van der Waals surface area contributed by atoms with Gasteiger partial charge < -0.3 is 10.4 Å². The van der Waals surface area contributed by atoms with Crippen LogP contribution in [0, 0.1) is 0 Å². The summed E-state index contributed by atoms with van der Waals surface area (Å²) in [6, 6.07) is 14.1. The molecule has 0 aromatic heterocycles. The molecule has 3 heteroatoms. The fraction of sp³-hybridized carbons (Fsp3) is 0.0714. The van der Waals surface area contributed by atoms with E-state index in [2.05, 4.69) is 5.32 Å². The number of hydrogen-bond acceptors (Lipinski definition) is 2. The van der Waals surface area contributed by atoms with E-state index in [1.54, 1.807) is 6.08 Å². The van der Waals surface area contributed by atoms with Crippen molar-refractivity contribution in [2.45, 2.75) is 0 Å². The van der Waals surface area contributed by atoms with Gasteiger partial charge in [-0.25, -0.2) is 4.79 Å². The van der Waals surface area contributed by atoms with E-state index in [0.29, 0.717) is 6.54 Å². The Labute approximate surface area is 99.4 Å². The van der Waals surface area contributed by atoms with E-state index in [1.807, 2.05) is 42.5 Å². The Morgan fingerprint density at radius 3 is 2.76 bits per heavy atom. The van der Waals surface area contributed by atoms with Crippen molar-refractivity contribution in [3.05, 3.63) is 54.6 Å². The molecule has 0 heterocycles. The molecule has 0 unspecified atom stereocenters. The second-order valence-corrected chi connectivity index (χ2v) is 3.65. The number of aliphatic carboxylic acids is 1. The third-order valence-electron chi connectivity index (χ3n) is 2.46. The van der Waals surface area contributed by atoms with Crippen LogP contribution in [0.1, 0.15) is 0 Å².